The number of rotatable bonds is 4. The van der Waals surface area contributed by atoms with Crippen LogP contribution in [0, 0.1) is 0 Å². The third kappa shape index (κ3) is 2.03. The van der Waals surface area contributed by atoms with Gasteiger partial charge in [-0.05, 0) is 6.42 Å². The molecule has 0 bridgehead atoms. The Kier molecular flexibility index (Phi) is 3.33. The molecule has 1 atom stereocenters. The quantitative estimate of drug-likeness (QED) is 0.801. The number of fused-ring (bicyclic) bond motifs is 1. The standard InChI is InChI=1S/C10H18N4O/c1-3-4-8-10-13-12-9(7-15-2)14(10)6-5-11-8/h8,11H,3-7H2,1-2H3. The van der Waals surface area contributed by atoms with Gasteiger partial charge in [-0.2, -0.15) is 0 Å². The molecule has 1 aromatic heterocycles. The highest BCUT2D eigenvalue weighted by Gasteiger charge is 2.23. The monoisotopic (exact) mass is 210 g/mol. The number of methoxy groups -OCH3 is 1. The molecule has 84 valence electrons. The minimum atomic E-state index is 0.363. The minimum Gasteiger partial charge on any atom is -0.377 e. The van der Waals surface area contributed by atoms with E-state index in [0.717, 1.165) is 37.6 Å². The average molecular weight is 210 g/mol. The maximum absolute atomic E-state index is 5.10. The van der Waals surface area contributed by atoms with E-state index in [0.29, 0.717) is 12.6 Å². The second-order valence-corrected chi connectivity index (χ2v) is 3.85. The number of hydrogen-bond donors (Lipinski definition) is 1. The van der Waals surface area contributed by atoms with Crippen LogP contribution in [0.3, 0.4) is 0 Å². The van der Waals surface area contributed by atoms with Gasteiger partial charge in [-0.25, -0.2) is 0 Å². The Hall–Kier alpha value is -0.940. The molecule has 5 heteroatoms. The van der Waals surface area contributed by atoms with Crippen molar-refractivity contribution in [3.63, 3.8) is 0 Å². The SMILES string of the molecule is CCCC1NCCn2c(COC)nnc21. The van der Waals surface area contributed by atoms with Crippen LogP contribution in [0.5, 0.6) is 0 Å². The maximum atomic E-state index is 5.10. The number of aromatic nitrogens is 3. The molecular weight excluding hydrogens is 192 g/mol. The van der Waals surface area contributed by atoms with Crippen LogP contribution in [-0.2, 0) is 17.9 Å². The molecule has 1 aliphatic heterocycles. The van der Waals surface area contributed by atoms with Crippen molar-refractivity contribution in [3.8, 4) is 0 Å². The van der Waals surface area contributed by atoms with E-state index in [1.165, 1.54) is 0 Å². The molecule has 0 radical (unpaired) electrons. The summed E-state index contributed by atoms with van der Waals surface area (Å²) in [6, 6.07) is 0.363. The summed E-state index contributed by atoms with van der Waals surface area (Å²) >= 11 is 0. The van der Waals surface area contributed by atoms with E-state index in [9.17, 15) is 0 Å². The van der Waals surface area contributed by atoms with Crippen LogP contribution in [-0.4, -0.2) is 28.4 Å². The van der Waals surface area contributed by atoms with Crippen LogP contribution >= 0.6 is 0 Å². The first-order valence-corrected chi connectivity index (χ1v) is 5.51. The van der Waals surface area contributed by atoms with E-state index >= 15 is 0 Å². The fourth-order valence-electron chi connectivity index (χ4n) is 2.05. The van der Waals surface area contributed by atoms with E-state index in [1.807, 2.05) is 0 Å². The molecule has 0 saturated heterocycles. The first-order valence-electron chi connectivity index (χ1n) is 5.51. The van der Waals surface area contributed by atoms with E-state index in [4.69, 9.17) is 4.74 Å². The molecule has 0 amide bonds. The third-order valence-corrected chi connectivity index (χ3v) is 2.74. The van der Waals surface area contributed by atoms with Gasteiger partial charge in [0.1, 0.15) is 12.4 Å². The van der Waals surface area contributed by atoms with Crippen molar-refractivity contribution in [3.05, 3.63) is 11.6 Å². The lowest BCUT2D eigenvalue weighted by atomic mass is 10.1. The van der Waals surface area contributed by atoms with Gasteiger partial charge in [0.25, 0.3) is 0 Å². The molecular formula is C10H18N4O. The van der Waals surface area contributed by atoms with Gasteiger partial charge in [0, 0.05) is 20.2 Å². The molecule has 2 rings (SSSR count). The molecule has 2 heterocycles. The Morgan fingerprint density at radius 3 is 3.13 bits per heavy atom. The topological polar surface area (TPSA) is 52.0 Å². The summed E-state index contributed by atoms with van der Waals surface area (Å²) < 4.78 is 7.28. The van der Waals surface area contributed by atoms with E-state index in [1.54, 1.807) is 7.11 Å². The summed E-state index contributed by atoms with van der Waals surface area (Å²) in [6.07, 6.45) is 2.27. The molecule has 0 aromatic carbocycles. The highest BCUT2D eigenvalue weighted by molar-refractivity contribution is 5.03. The van der Waals surface area contributed by atoms with Crippen LogP contribution in [0.4, 0.5) is 0 Å². The van der Waals surface area contributed by atoms with Gasteiger partial charge in [-0.3, -0.25) is 0 Å². The Bertz CT molecular complexity index is 323. The van der Waals surface area contributed by atoms with Gasteiger partial charge >= 0.3 is 0 Å². The van der Waals surface area contributed by atoms with Crippen molar-refractivity contribution >= 4 is 0 Å². The fraction of sp³-hybridized carbons (Fsp3) is 0.800. The van der Waals surface area contributed by atoms with Crippen molar-refractivity contribution in [1.82, 2.24) is 20.1 Å². The molecule has 1 N–H and O–H groups in total. The lowest BCUT2D eigenvalue weighted by molar-refractivity contribution is 0.172. The zero-order chi connectivity index (χ0) is 10.7. The first kappa shape index (κ1) is 10.6. The molecule has 0 spiro atoms. The molecule has 1 unspecified atom stereocenters. The Labute approximate surface area is 89.8 Å². The summed E-state index contributed by atoms with van der Waals surface area (Å²) in [5.74, 6) is 2.00. The van der Waals surface area contributed by atoms with E-state index in [-0.39, 0.29) is 0 Å². The summed E-state index contributed by atoms with van der Waals surface area (Å²) in [5, 5.41) is 11.9. The summed E-state index contributed by atoms with van der Waals surface area (Å²) in [7, 11) is 1.69. The Morgan fingerprint density at radius 1 is 1.53 bits per heavy atom. The summed E-state index contributed by atoms with van der Waals surface area (Å²) in [5.41, 5.74) is 0. The van der Waals surface area contributed by atoms with Gasteiger partial charge < -0.3 is 14.6 Å². The number of ether oxygens (including phenoxy) is 1. The van der Waals surface area contributed by atoms with Gasteiger partial charge in [-0.15, -0.1) is 10.2 Å². The lowest BCUT2D eigenvalue weighted by Gasteiger charge is -2.24. The average Bonchev–Trinajstić information content (AvgIpc) is 2.64. The first-order chi connectivity index (χ1) is 7.36. The van der Waals surface area contributed by atoms with Gasteiger partial charge in [0.15, 0.2) is 5.82 Å². The van der Waals surface area contributed by atoms with Crippen molar-refractivity contribution in [1.29, 1.82) is 0 Å². The van der Waals surface area contributed by atoms with Gasteiger partial charge in [0.05, 0.1) is 6.04 Å². The highest BCUT2D eigenvalue weighted by atomic mass is 16.5. The van der Waals surface area contributed by atoms with Crippen LogP contribution in [0.25, 0.3) is 0 Å². The Balaban J connectivity index is 2.21. The molecule has 0 saturated carbocycles. The van der Waals surface area contributed by atoms with Crippen LogP contribution in [0.15, 0.2) is 0 Å². The number of nitrogens with zero attached hydrogens (tertiary/aromatic N) is 3. The van der Waals surface area contributed by atoms with Gasteiger partial charge in [0.2, 0.25) is 0 Å². The predicted octanol–water partition coefficient (Wildman–Crippen LogP) is 0.869. The van der Waals surface area contributed by atoms with E-state index in [2.05, 4.69) is 27.0 Å². The van der Waals surface area contributed by atoms with Gasteiger partial charge in [-0.1, -0.05) is 13.3 Å². The second-order valence-electron chi connectivity index (χ2n) is 3.85. The fourth-order valence-corrected chi connectivity index (χ4v) is 2.05. The maximum Gasteiger partial charge on any atom is 0.159 e. The molecule has 0 fully saturated rings. The van der Waals surface area contributed by atoms with Crippen molar-refractivity contribution in [2.75, 3.05) is 13.7 Å². The smallest absolute Gasteiger partial charge is 0.159 e. The number of nitrogens with one attached hydrogen (secondary N) is 1. The minimum absolute atomic E-state index is 0.363. The molecule has 1 aliphatic rings. The number of hydrogen-bond acceptors (Lipinski definition) is 4. The normalized spacial score (nSPS) is 20.3. The van der Waals surface area contributed by atoms with Crippen molar-refractivity contribution in [2.24, 2.45) is 0 Å². The van der Waals surface area contributed by atoms with Crippen molar-refractivity contribution < 1.29 is 4.74 Å². The van der Waals surface area contributed by atoms with Crippen molar-refractivity contribution in [2.45, 2.75) is 39.0 Å². The van der Waals surface area contributed by atoms with E-state index < -0.39 is 0 Å². The second kappa shape index (κ2) is 4.72. The molecule has 15 heavy (non-hydrogen) atoms. The summed E-state index contributed by atoms with van der Waals surface area (Å²) in [6.45, 7) is 4.67. The molecule has 1 aromatic rings. The predicted molar refractivity (Wildman–Crippen MR) is 56.4 cm³/mol. The third-order valence-electron chi connectivity index (χ3n) is 2.74. The van der Waals surface area contributed by atoms with Crippen LogP contribution in [0.1, 0.15) is 37.5 Å². The zero-order valence-corrected chi connectivity index (χ0v) is 9.36. The largest absolute Gasteiger partial charge is 0.377 e. The van der Waals surface area contributed by atoms with Crippen LogP contribution in [0.2, 0.25) is 0 Å². The lowest BCUT2D eigenvalue weighted by Crippen LogP contribution is -2.34. The highest BCUT2D eigenvalue weighted by Crippen LogP contribution is 2.20. The summed E-state index contributed by atoms with van der Waals surface area (Å²) in [4.78, 5) is 0. The molecule has 5 nitrogen and oxygen atoms in total. The molecule has 0 aliphatic carbocycles. The van der Waals surface area contributed by atoms with Crippen LogP contribution < -0.4 is 5.32 Å². The Morgan fingerprint density at radius 2 is 2.40 bits per heavy atom. The zero-order valence-electron chi connectivity index (χ0n) is 9.36.